The van der Waals surface area contributed by atoms with E-state index in [0.29, 0.717) is 22.8 Å². The number of nitrogens with zero attached hydrogens (tertiary/aromatic N) is 1. The smallest absolute Gasteiger partial charge is 0.190 e. The highest BCUT2D eigenvalue weighted by Crippen LogP contribution is 2.32. The quantitative estimate of drug-likeness (QED) is 0.408. The number of halogens is 1. The molecule has 1 unspecified atom stereocenters. The van der Waals surface area contributed by atoms with Crippen molar-refractivity contribution in [2.75, 3.05) is 13.2 Å². The summed E-state index contributed by atoms with van der Waals surface area (Å²) in [5.41, 5.74) is 5.37. The normalized spacial score (nSPS) is 21.9. The second-order valence-electron chi connectivity index (χ2n) is 7.91. The van der Waals surface area contributed by atoms with Crippen molar-refractivity contribution >= 4 is 22.6 Å². The van der Waals surface area contributed by atoms with Crippen LogP contribution in [0.5, 0.6) is 5.88 Å². The second kappa shape index (κ2) is 8.92. The van der Waals surface area contributed by atoms with Crippen molar-refractivity contribution in [3.05, 3.63) is 71.8 Å². The molecular weight excluding hydrogens is 428 g/mol. The molecule has 2 aromatic carbocycles. The average Bonchev–Trinajstić information content (AvgIpc) is 3.51. The Morgan fingerprint density at radius 3 is 2.41 bits per heavy atom. The third-order valence-corrected chi connectivity index (χ3v) is 6.03. The molecule has 2 aliphatic rings. The van der Waals surface area contributed by atoms with E-state index in [2.05, 4.69) is 34.2 Å². The van der Waals surface area contributed by atoms with Gasteiger partial charge in [-0.15, -0.1) is 0 Å². The highest BCUT2D eigenvalue weighted by atomic mass is 35.5. The largest absolute Gasteiger partial charge is 0.495 e. The first-order chi connectivity index (χ1) is 15.6. The van der Waals surface area contributed by atoms with Crippen molar-refractivity contribution in [3.63, 3.8) is 0 Å². The molecule has 0 amide bonds. The SMILES string of the molecule is OC1CO[C@@H]2CCO[C@H]12.Oc1cc2nc(-c3ccc(-c4ccccc4)cc3)c(Cl)cc2[nH]1. The Bertz CT molecular complexity index is 1210. The first-order valence-electron chi connectivity index (χ1n) is 10.5. The molecule has 0 saturated carbocycles. The number of aromatic nitrogens is 2. The third kappa shape index (κ3) is 4.23. The molecule has 3 atom stereocenters. The van der Waals surface area contributed by atoms with Gasteiger partial charge in [-0.25, -0.2) is 4.98 Å². The highest BCUT2D eigenvalue weighted by molar-refractivity contribution is 6.33. The Hall–Kier alpha value is -2.90. The lowest BCUT2D eigenvalue weighted by atomic mass is 10.0. The fourth-order valence-corrected chi connectivity index (χ4v) is 4.38. The van der Waals surface area contributed by atoms with Crippen LogP contribution in [-0.4, -0.2) is 51.7 Å². The molecule has 32 heavy (non-hydrogen) atoms. The number of nitrogens with one attached hydrogen (secondary N) is 1. The Morgan fingerprint density at radius 2 is 1.66 bits per heavy atom. The first kappa shape index (κ1) is 21.0. The van der Waals surface area contributed by atoms with Gasteiger partial charge in [0.25, 0.3) is 0 Å². The molecule has 2 aromatic heterocycles. The van der Waals surface area contributed by atoms with E-state index in [9.17, 15) is 5.11 Å². The molecule has 4 heterocycles. The van der Waals surface area contributed by atoms with E-state index < -0.39 is 0 Å². The van der Waals surface area contributed by atoms with Crippen molar-refractivity contribution in [1.29, 1.82) is 0 Å². The summed E-state index contributed by atoms with van der Waals surface area (Å²) in [5.74, 6) is 0.0835. The van der Waals surface area contributed by atoms with Gasteiger partial charge < -0.3 is 24.7 Å². The number of pyridine rings is 1. The molecule has 6 rings (SSSR count). The van der Waals surface area contributed by atoms with Gasteiger partial charge in [-0.05, 0) is 23.6 Å². The number of aliphatic hydroxyl groups excluding tert-OH is 1. The minimum atomic E-state index is -0.377. The summed E-state index contributed by atoms with van der Waals surface area (Å²) in [6.45, 7) is 1.20. The second-order valence-corrected chi connectivity index (χ2v) is 8.32. The molecule has 0 radical (unpaired) electrons. The molecule has 0 spiro atoms. The number of hydrogen-bond acceptors (Lipinski definition) is 5. The number of rotatable bonds is 2. The van der Waals surface area contributed by atoms with Gasteiger partial charge in [-0.3, -0.25) is 0 Å². The lowest BCUT2D eigenvalue weighted by Gasteiger charge is -2.08. The van der Waals surface area contributed by atoms with E-state index in [-0.39, 0.29) is 24.2 Å². The van der Waals surface area contributed by atoms with Gasteiger partial charge in [-0.1, -0.05) is 66.2 Å². The molecule has 0 bridgehead atoms. The van der Waals surface area contributed by atoms with E-state index in [0.717, 1.165) is 29.7 Å². The number of aliphatic hydroxyl groups is 1. The van der Waals surface area contributed by atoms with Crippen LogP contribution in [0.2, 0.25) is 5.02 Å². The summed E-state index contributed by atoms with van der Waals surface area (Å²) in [7, 11) is 0. The zero-order valence-electron chi connectivity index (χ0n) is 17.2. The summed E-state index contributed by atoms with van der Waals surface area (Å²) in [4.78, 5) is 7.36. The molecule has 2 aliphatic heterocycles. The lowest BCUT2D eigenvalue weighted by molar-refractivity contribution is 0.0187. The number of aromatic amines is 1. The van der Waals surface area contributed by atoms with Crippen LogP contribution < -0.4 is 0 Å². The predicted octanol–water partition coefficient (Wildman–Crippen LogP) is 4.79. The minimum absolute atomic E-state index is 0.0231. The van der Waals surface area contributed by atoms with Crippen molar-refractivity contribution < 1.29 is 19.7 Å². The van der Waals surface area contributed by atoms with Gasteiger partial charge in [0.1, 0.15) is 12.2 Å². The van der Waals surface area contributed by atoms with Gasteiger partial charge >= 0.3 is 0 Å². The maximum atomic E-state index is 9.53. The van der Waals surface area contributed by atoms with E-state index >= 15 is 0 Å². The Morgan fingerprint density at radius 1 is 0.938 bits per heavy atom. The van der Waals surface area contributed by atoms with Crippen LogP contribution in [0.25, 0.3) is 33.4 Å². The van der Waals surface area contributed by atoms with Crippen molar-refractivity contribution in [2.24, 2.45) is 0 Å². The Balaban J connectivity index is 0.000000199. The molecule has 0 aliphatic carbocycles. The maximum absolute atomic E-state index is 9.53. The third-order valence-electron chi connectivity index (χ3n) is 5.75. The van der Waals surface area contributed by atoms with Crippen molar-refractivity contribution in [3.8, 4) is 28.3 Å². The van der Waals surface area contributed by atoms with Crippen LogP contribution in [-0.2, 0) is 9.47 Å². The van der Waals surface area contributed by atoms with Crippen LogP contribution in [0.1, 0.15) is 6.42 Å². The van der Waals surface area contributed by atoms with Crippen LogP contribution in [0.15, 0.2) is 66.7 Å². The lowest BCUT2D eigenvalue weighted by Crippen LogP contribution is -2.26. The molecule has 7 heteroatoms. The summed E-state index contributed by atoms with van der Waals surface area (Å²) in [6.07, 6.45) is 0.726. The fourth-order valence-electron chi connectivity index (χ4n) is 4.12. The summed E-state index contributed by atoms with van der Waals surface area (Å²) in [6, 6.07) is 21.7. The molecule has 4 aromatic rings. The van der Waals surface area contributed by atoms with E-state index in [4.69, 9.17) is 26.2 Å². The van der Waals surface area contributed by atoms with Gasteiger partial charge in [-0.2, -0.15) is 0 Å². The maximum Gasteiger partial charge on any atom is 0.190 e. The number of aromatic hydroxyl groups is 1. The summed E-state index contributed by atoms with van der Waals surface area (Å²) >= 11 is 6.34. The molecule has 3 N–H and O–H groups in total. The van der Waals surface area contributed by atoms with Crippen molar-refractivity contribution in [2.45, 2.75) is 24.7 Å². The number of H-pyrrole nitrogens is 1. The zero-order chi connectivity index (χ0) is 22.1. The standard InChI is InChI=1S/C19H13ClN2O.C6H10O3/c20-15-10-16-17(11-18(23)21-16)22-19(15)14-8-6-13(7-9-14)12-4-2-1-3-5-12;7-4-3-9-5-1-2-8-6(4)5/h1-11,21,23H;4-7H,1-3H2/t;4?,5-,6-/m.1/s1. The number of ether oxygens (including phenoxy) is 2. The van der Waals surface area contributed by atoms with Crippen LogP contribution in [0.4, 0.5) is 0 Å². The monoisotopic (exact) mass is 450 g/mol. The predicted molar refractivity (Wildman–Crippen MR) is 124 cm³/mol. The Kier molecular flexibility index (Phi) is 5.85. The topological polar surface area (TPSA) is 87.6 Å². The van der Waals surface area contributed by atoms with E-state index in [1.54, 1.807) is 12.1 Å². The van der Waals surface area contributed by atoms with Crippen LogP contribution >= 0.6 is 11.6 Å². The average molecular weight is 451 g/mol. The van der Waals surface area contributed by atoms with Crippen LogP contribution in [0.3, 0.4) is 0 Å². The van der Waals surface area contributed by atoms with E-state index in [1.165, 1.54) is 5.56 Å². The fraction of sp³-hybridized carbons (Fsp3) is 0.240. The highest BCUT2D eigenvalue weighted by Gasteiger charge is 2.40. The van der Waals surface area contributed by atoms with Gasteiger partial charge in [0, 0.05) is 18.2 Å². The molecular formula is C25H23ClN2O4. The molecule has 2 fully saturated rings. The molecule has 164 valence electrons. The Labute approximate surface area is 190 Å². The first-order valence-corrected chi connectivity index (χ1v) is 10.9. The summed E-state index contributed by atoms with van der Waals surface area (Å²) in [5, 5.41) is 19.2. The molecule has 2 saturated heterocycles. The zero-order valence-corrected chi connectivity index (χ0v) is 18.0. The molecule has 6 nitrogen and oxygen atoms in total. The van der Waals surface area contributed by atoms with Gasteiger partial charge in [0.2, 0.25) is 0 Å². The van der Waals surface area contributed by atoms with E-state index in [1.807, 2.05) is 30.3 Å². The summed E-state index contributed by atoms with van der Waals surface area (Å²) < 4.78 is 10.4. The van der Waals surface area contributed by atoms with Gasteiger partial charge in [0.15, 0.2) is 5.88 Å². The van der Waals surface area contributed by atoms with Gasteiger partial charge in [0.05, 0.1) is 34.5 Å². The number of hydrogen-bond donors (Lipinski definition) is 3. The number of fused-ring (bicyclic) bond motifs is 2. The van der Waals surface area contributed by atoms with Crippen LogP contribution in [0, 0.1) is 0 Å². The van der Waals surface area contributed by atoms with Crippen molar-refractivity contribution in [1.82, 2.24) is 9.97 Å². The minimum Gasteiger partial charge on any atom is -0.495 e. The number of benzene rings is 2.